The summed E-state index contributed by atoms with van der Waals surface area (Å²) >= 11 is 0. The van der Waals surface area contributed by atoms with E-state index in [-0.39, 0.29) is 22.7 Å². The summed E-state index contributed by atoms with van der Waals surface area (Å²) in [5, 5.41) is 6.38. The average molecular weight is 423 g/mol. The fraction of sp³-hybridized carbons (Fsp3) is 0.522. The lowest BCUT2D eigenvalue weighted by atomic mass is 9.76. The molecule has 2 fully saturated rings. The van der Waals surface area contributed by atoms with Gasteiger partial charge in [-0.3, -0.25) is 4.79 Å². The third-order valence-electron chi connectivity index (χ3n) is 7.28. The molecule has 1 atom stereocenters. The first kappa shape index (κ1) is 20.1. The molecule has 0 saturated carbocycles. The SMILES string of the molecule is CC1(CN)CCN(c2nc(NC3=CCC4C(=C3)NC(=O)C4(C)C)nc3ccoc23)CC1. The molecule has 1 amide bonds. The van der Waals surface area contributed by atoms with Gasteiger partial charge in [-0.2, -0.15) is 4.98 Å². The van der Waals surface area contributed by atoms with Crippen LogP contribution in [0.4, 0.5) is 11.8 Å². The number of hydrogen-bond donors (Lipinski definition) is 3. The number of allylic oxidation sites excluding steroid dienone is 3. The van der Waals surface area contributed by atoms with Crippen LogP contribution in [0.2, 0.25) is 0 Å². The number of rotatable bonds is 4. The highest BCUT2D eigenvalue weighted by Crippen LogP contribution is 2.43. The van der Waals surface area contributed by atoms with Crippen molar-refractivity contribution in [3.8, 4) is 0 Å². The van der Waals surface area contributed by atoms with Crippen molar-refractivity contribution in [1.29, 1.82) is 0 Å². The number of piperidine rings is 1. The van der Waals surface area contributed by atoms with Gasteiger partial charge in [0.1, 0.15) is 5.52 Å². The van der Waals surface area contributed by atoms with Gasteiger partial charge in [0, 0.05) is 36.5 Å². The molecule has 3 aliphatic rings. The Morgan fingerprint density at radius 3 is 2.81 bits per heavy atom. The Morgan fingerprint density at radius 1 is 1.29 bits per heavy atom. The Hall–Kier alpha value is -2.87. The maximum atomic E-state index is 12.3. The van der Waals surface area contributed by atoms with E-state index in [0.29, 0.717) is 18.1 Å². The van der Waals surface area contributed by atoms with Crippen LogP contribution in [0.5, 0.6) is 0 Å². The van der Waals surface area contributed by atoms with E-state index in [0.717, 1.165) is 55.1 Å². The summed E-state index contributed by atoms with van der Waals surface area (Å²) in [6.45, 7) is 8.71. The molecule has 2 aromatic rings. The minimum atomic E-state index is -0.389. The van der Waals surface area contributed by atoms with Crippen molar-refractivity contribution in [3.63, 3.8) is 0 Å². The quantitative estimate of drug-likeness (QED) is 0.694. The van der Waals surface area contributed by atoms with Crippen molar-refractivity contribution in [2.24, 2.45) is 22.5 Å². The largest absolute Gasteiger partial charge is 0.459 e. The first-order chi connectivity index (χ1) is 14.8. The van der Waals surface area contributed by atoms with E-state index in [9.17, 15) is 4.79 Å². The number of furan rings is 1. The first-order valence-corrected chi connectivity index (χ1v) is 11.0. The van der Waals surface area contributed by atoms with Crippen LogP contribution >= 0.6 is 0 Å². The highest BCUT2D eigenvalue weighted by molar-refractivity contribution is 5.88. The van der Waals surface area contributed by atoms with Crippen molar-refractivity contribution in [1.82, 2.24) is 15.3 Å². The molecule has 4 N–H and O–H groups in total. The Kier molecular flexibility index (Phi) is 4.58. The fourth-order valence-electron chi connectivity index (χ4n) is 4.75. The molecule has 8 heteroatoms. The number of aromatic nitrogens is 2. The molecule has 31 heavy (non-hydrogen) atoms. The first-order valence-electron chi connectivity index (χ1n) is 11.0. The van der Waals surface area contributed by atoms with Crippen molar-refractivity contribution in [2.45, 2.75) is 40.0 Å². The zero-order chi connectivity index (χ0) is 21.8. The molecular weight excluding hydrogens is 392 g/mol. The highest BCUT2D eigenvalue weighted by atomic mass is 16.3. The fourth-order valence-corrected chi connectivity index (χ4v) is 4.75. The lowest BCUT2D eigenvalue weighted by Gasteiger charge is -2.39. The minimum absolute atomic E-state index is 0.0753. The lowest BCUT2D eigenvalue weighted by molar-refractivity contribution is -0.127. The zero-order valence-electron chi connectivity index (χ0n) is 18.4. The van der Waals surface area contributed by atoms with Crippen LogP contribution in [0.25, 0.3) is 11.1 Å². The van der Waals surface area contributed by atoms with E-state index in [2.05, 4.69) is 33.5 Å². The van der Waals surface area contributed by atoms with Crippen LogP contribution < -0.4 is 21.3 Å². The number of carbonyl (C=O) groups is 1. The Labute approximate surface area is 182 Å². The molecule has 2 saturated heterocycles. The van der Waals surface area contributed by atoms with Gasteiger partial charge in [0.05, 0.1) is 11.7 Å². The maximum absolute atomic E-state index is 12.3. The van der Waals surface area contributed by atoms with Crippen molar-refractivity contribution >= 4 is 28.8 Å². The number of amides is 1. The number of anilines is 2. The van der Waals surface area contributed by atoms with Crippen LogP contribution in [-0.4, -0.2) is 35.5 Å². The Bertz CT molecular complexity index is 1090. The molecule has 5 rings (SSSR count). The van der Waals surface area contributed by atoms with Crippen LogP contribution in [0, 0.1) is 16.7 Å². The second-order valence-corrected chi connectivity index (χ2v) is 9.86. The monoisotopic (exact) mass is 422 g/mol. The highest BCUT2D eigenvalue weighted by Gasteiger charge is 2.46. The van der Waals surface area contributed by atoms with Crippen LogP contribution in [-0.2, 0) is 4.79 Å². The number of fused-ring (bicyclic) bond motifs is 2. The number of carbonyl (C=O) groups excluding carboxylic acids is 1. The predicted octanol–water partition coefficient (Wildman–Crippen LogP) is 3.14. The summed E-state index contributed by atoms with van der Waals surface area (Å²) in [7, 11) is 0. The molecule has 2 aliphatic heterocycles. The van der Waals surface area contributed by atoms with E-state index in [1.807, 2.05) is 26.0 Å². The molecule has 0 aromatic carbocycles. The van der Waals surface area contributed by atoms with Crippen LogP contribution in [0.3, 0.4) is 0 Å². The summed E-state index contributed by atoms with van der Waals surface area (Å²) in [4.78, 5) is 24.0. The number of nitrogens with zero attached hydrogens (tertiary/aromatic N) is 3. The molecule has 0 bridgehead atoms. The topological polar surface area (TPSA) is 109 Å². The van der Waals surface area contributed by atoms with Crippen molar-refractivity contribution < 1.29 is 9.21 Å². The van der Waals surface area contributed by atoms with Crippen LogP contribution in [0.15, 0.2) is 40.3 Å². The molecule has 0 spiro atoms. The lowest BCUT2D eigenvalue weighted by Crippen LogP contribution is -2.42. The second kappa shape index (κ2) is 7.09. The van der Waals surface area contributed by atoms with Gasteiger partial charge in [0.2, 0.25) is 11.9 Å². The molecule has 4 heterocycles. The maximum Gasteiger partial charge on any atom is 0.230 e. The number of hydrogen-bond acceptors (Lipinski definition) is 7. The minimum Gasteiger partial charge on any atom is -0.459 e. The van der Waals surface area contributed by atoms with Gasteiger partial charge < -0.3 is 25.7 Å². The third kappa shape index (κ3) is 3.39. The Morgan fingerprint density at radius 2 is 2.06 bits per heavy atom. The standard InChI is InChI=1S/C23H30N6O2/c1-22(2)15-5-4-14(12-17(15)26-20(22)30)25-21-27-16-6-11-31-18(16)19(28-21)29-9-7-23(3,13-24)8-10-29/h4,6,11-12,15H,5,7-10,13,24H2,1-3H3,(H,26,30)(H,25,27,28). The summed E-state index contributed by atoms with van der Waals surface area (Å²) in [6, 6.07) is 1.86. The summed E-state index contributed by atoms with van der Waals surface area (Å²) in [6.07, 6.45) is 8.61. The third-order valence-corrected chi connectivity index (χ3v) is 7.28. The Balaban J connectivity index is 1.40. The average Bonchev–Trinajstić information content (AvgIpc) is 3.30. The van der Waals surface area contributed by atoms with Gasteiger partial charge in [0.25, 0.3) is 0 Å². The van der Waals surface area contributed by atoms with Crippen molar-refractivity contribution in [3.05, 3.63) is 35.9 Å². The van der Waals surface area contributed by atoms with Gasteiger partial charge in [-0.05, 0) is 37.3 Å². The molecule has 1 aliphatic carbocycles. The van der Waals surface area contributed by atoms with E-state index < -0.39 is 0 Å². The molecule has 8 nitrogen and oxygen atoms in total. The summed E-state index contributed by atoms with van der Waals surface area (Å²) < 4.78 is 5.72. The summed E-state index contributed by atoms with van der Waals surface area (Å²) in [5.74, 6) is 1.60. The second-order valence-electron chi connectivity index (χ2n) is 9.86. The molecule has 164 valence electrons. The van der Waals surface area contributed by atoms with Gasteiger partial charge in [-0.25, -0.2) is 4.98 Å². The smallest absolute Gasteiger partial charge is 0.230 e. The van der Waals surface area contributed by atoms with Gasteiger partial charge in [-0.15, -0.1) is 0 Å². The van der Waals surface area contributed by atoms with E-state index in [1.54, 1.807) is 6.26 Å². The van der Waals surface area contributed by atoms with Crippen molar-refractivity contribution in [2.75, 3.05) is 29.9 Å². The van der Waals surface area contributed by atoms with E-state index >= 15 is 0 Å². The van der Waals surface area contributed by atoms with Gasteiger partial charge in [-0.1, -0.05) is 26.8 Å². The molecule has 2 aromatic heterocycles. The number of nitrogens with two attached hydrogens (primary N) is 1. The van der Waals surface area contributed by atoms with E-state index in [4.69, 9.17) is 15.1 Å². The van der Waals surface area contributed by atoms with Gasteiger partial charge >= 0.3 is 0 Å². The zero-order valence-corrected chi connectivity index (χ0v) is 18.4. The molecular formula is C23H30N6O2. The molecule has 0 radical (unpaired) electrons. The van der Waals surface area contributed by atoms with E-state index in [1.165, 1.54) is 0 Å². The van der Waals surface area contributed by atoms with Crippen LogP contribution in [0.1, 0.15) is 40.0 Å². The summed E-state index contributed by atoms with van der Waals surface area (Å²) in [5.41, 5.74) is 9.11. The van der Waals surface area contributed by atoms with Gasteiger partial charge in [0.15, 0.2) is 11.4 Å². The predicted molar refractivity (Wildman–Crippen MR) is 120 cm³/mol. The molecule has 1 unspecified atom stereocenters. The normalized spacial score (nSPS) is 24.5. The number of nitrogens with one attached hydrogen (secondary N) is 2.